The van der Waals surface area contributed by atoms with E-state index in [9.17, 15) is 4.57 Å². The third-order valence-electron chi connectivity index (χ3n) is 3.99. The highest BCUT2D eigenvalue weighted by molar-refractivity contribution is 7.49. The number of methoxy groups -OCH3 is 1. The Hall–Kier alpha value is -2.75. The van der Waals surface area contributed by atoms with Crippen molar-refractivity contribution < 1.29 is 22.9 Å². The van der Waals surface area contributed by atoms with Gasteiger partial charge in [-0.3, -0.25) is 0 Å². The standard InChI is InChI=1S/C22H23O5P/c1-18(24-2)17-19-13-15-22(16-14-19)27-28(23,25-20-9-5-3-6-10-20)26-21-11-7-4-8-12-21/h3-16,18H,17H2,1-2H3. The summed E-state index contributed by atoms with van der Waals surface area (Å²) in [6.45, 7) is 2.00. The van der Waals surface area contributed by atoms with E-state index in [-0.39, 0.29) is 6.10 Å². The fourth-order valence-electron chi connectivity index (χ4n) is 2.51. The molecule has 0 aliphatic heterocycles. The zero-order chi connectivity index (χ0) is 19.8. The lowest BCUT2D eigenvalue weighted by atomic mass is 10.1. The van der Waals surface area contributed by atoms with Crippen LogP contribution in [0.25, 0.3) is 0 Å². The fourth-order valence-corrected chi connectivity index (χ4v) is 3.76. The Morgan fingerprint density at radius 2 is 1.14 bits per heavy atom. The van der Waals surface area contributed by atoms with Crippen LogP contribution in [-0.4, -0.2) is 13.2 Å². The van der Waals surface area contributed by atoms with Crippen LogP contribution in [0.4, 0.5) is 0 Å². The van der Waals surface area contributed by atoms with Gasteiger partial charge in [0.1, 0.15) is 17.2 Å². The summed E-state index contributed by atoms with van der Waals surface area (Å²) in [6, 6.07) is 24.9. The van der Waals surface area contributed by atoms with Crippen LogP contribution >= 0.6 is 7.82 Å². The van der Waals surface area contributed by atoms with Crippen molar-refractivity contribution in [3.05, 3.63) is 90.5 Å². The minimum absolute atomic E-state index is 0.112. The van der Waals surface area contributed by atoms with Gasteiger partial charge in [-0.05, 0) is 55.3 Å². The Morgan fingerprint density at radius 3 is 1.57 bits per heavy atom. The van der Waals surface area contributed by atoms with E-state index < -0.39 is 7.82 Å². The van der Waals surface area contributed by atoms with Crippen LogP contribution in [0.15, 0.2) is 84.9 Å². The number of para-hydroxylation sites is 2. The van der Waals surface area contributed by atoms with Gasteiger partial charge in [-0.1, -0.05) is 48.5 Å². The summed E-state index contributed by atoms with van der Waals surface area (Å²) < 4.78 is 35.5. The van der Waals surface area contributed by atoms with Crippen LogP contribution in [0.3, 0.4) is 0 Å². The molecule has 3 aromatic carbocycles. The molecule has 3 rings (SSSR count). The largest absolute Gasteiger partial charge is 0.647 e. The monoisotopic (exact) mass is 398 g/mol. The second-order valence-corrected chi connectivity index (χ2v) is 7.68. The molecule has 0 heterocycles. The molecule has 0 fully saturated rings. The Kier molecular flexibility index (Phi) is 6.75. The van der Waals surface area contributed by atoms with E-state index in [1.54, 1.807) is 67.8 Å². The Balaban J connectivity index is 1.79. The highest BCUT2D eigenvalue weighted by Gasteiger charge is 2.33. The normalized spacial score (nSPS) is 12.2. The molecule has 0 aliphatic rings. The molecule has 0 aliphatic carbocycles. The quantitative estimate of drug-likeness (QED) is 0.420. The zero-order valence-corrected chi connectivity index (χ0v) is 16.8. The second kappa shape index (κ2) is 9.45. The summed E-state index contributed by atoms with van der Waals surface area (Å²) >= 11 is 0. The Bertz CT molecular complexity index is 852. The Morgan fingerprint density at radius 1 is 0.714 bits per heavy atom. The van der Waals surface area contributed by atoms with Crippen LogP contribution in [0.5, 0.6) is 17.2 Å². The van der Waals surface area contributed by atoms with E-state index in [1.165, 1.54) is 0 Å². The predicted octanol–water partition coefficient (Wildman–Crippen LogP) is 5.91. The van der Waals surface area contributed by atoms with Crippen molar-refractivity contribution in [3.8, 4) is 17.2 Å². The summed E-state index contributed by atoms with van der Waals surface area (Å²) in [5.41, 5.74) is 1.09. The predicted molar refractivity (Wildman–Crippen MR) is 109 cm³/mol. The van der Waals surface area contributed by atoms with Crippen molar-refractivity contribution in [2.24, 2.45) is 0 Å². The molecule has 5 nitrogen and oxygen atoms in total. The highest BCUT2D eigenvalue weighted by Crippen LogP contribution is 2.49. The van der Waals surface area contributed by atoms with E-state index in [4.69, 9.17) is 18.3 Å². The van der Waals surface area contributed by atoms with E-state index in [1.807, 2.05) is 31.2 Å². The molecule has 0 bridgehead atoms. The highest BCUT2D eigenvalue weighted by atomic mass is 31.2. The van der Waals surface area contributed by atoms with Gasteiger partial charge < -0.3 is 18.3 Å². The fraction of sp³-hybridized carbons (Fsp3) is 0.182. The molecule has 0 spiro atoms. The van der Waals surface area contributed by atoms with E-state index in [0.29, 0.717) is 17.2 Å². The number of ether oxygens (including phenoxy) is 1. The van der Waals surface area contributed by atoms with Gasteiger partial charge in [-0.2, -0.15) is 4.57 Å². The van der Waals surface area contributed by atoms with Crippen molar-refractivity contribution in [1.29, 1.82) is 0 Å². The lowest BCUT2D eigenvalue weighted by Crippen LogP contribution is -2.09. The van der Waals surface area contributed by atoms with Crippen LogP contribution in [0.2, 0.25) is 0 Å². The van der Waals surface area contributed by atoms with E-state index in [2.05, 4.69) is 0 Å². The molecule has 3 aromatic rings. The van der Waals surface area contributed by atoms with Gasteiger partial charge in [0, 0.05) is 7.11 Å². The van der Waals surface area contributed by atoms with Gasteiger partial charge >= 0.3 is 7.82 Å². The van der Waals surface area contributed by atoms with Crippen LogP contribution < -0.4 is 13.6 Å². The average molecular weight is 398 g/mol. The SMILES string of the molecule is COC(C)Cc1ccc(OP(=O)(Oc2ccccc2)Oc2ccccc2)cc1. The molecule has 0 radical (unpaired) electrons. The third kappa shape index (κ3) is 5.88. The van der Waals surface area contributed by atoms with Crippen LogP contribution in [0, 0.1) is 0 Å². The second-order valence-electron chi connectivity index (χ2n) is 6.24. The molecule has 0 saturated heterocycles. The van der Waals surface area contributed by atoms with Crippen molar-refractivity contribution in [2.75, 3.05) is 7.11 Å². The van der Waals surface area contributed by atoms with Gasteiger partial charge in [-0.15, -0.1) is 0 Å². The summed E-state index contributed by atoms with van der Waals surface area (Å²) in [6.07, 6.45) is 0.885. The molecule has 0 saturated carbocycles. The van der Waals surface area contributed by atoms with Crippen molar-refractivity contribution >= 4 is 7.82 Å². The topological polar surface area (TPSA) is 54.0 Å². The van der Waals surface area contributed by atoms with Gasteiger partial charge in [0.15, 0.2) is 0 Å². The lowest BCUT2D eigenvalue weighted by Gasteiger charge is -2.19. The Labute approximate surface area is 165 Å². The number of hydrogen-bond donors (Lipinski definition) is 0. The maximum atomic E-state index is 13.3. The van der Waals surface area contributed by atoms with Crippen LogP contribution in [0.1, 0.15) is 12.5 Å². The summed E-state index contributed by atoms with van der Waals surface area (Å²) in [7, 11) is -2.28. The first-order valence-corrected chi connectivity index (χ1v) is 10.4. The van der Waals surface area contributed by atoms with Crippen LogP contribution in [-0.2, 0) is 15.7 Å². The number of phosphoric acid groups is 1. The maximum absolute atomic E-state index is 13.3. The number of rotatable bonds is 9. The smallest absolute Gasteiger partial charge is 0.386 e. The zero-order valence-electron chi connectivity index (χ0n) is 15.9. The molecule has 0 N–H and O–H groups in total. The number of hydrogen-bond acceptors (Lipinski definition) is 5. The molecule has 1 atom stereocenters. The maximum Gasteiger partial charge on any atom is 0.647 e. The molecule has 0 amide bonds. The summed E-state index contributed by atoms with van der Waals surface area (Å²) in [4.78, 5) is 0. The van der Waals surface area contributed by atoms with Crippen molar-refractivity contribution in [2.45, 2.75) is 19.4 Å². The summed E-state index contributed by atoms with van der Waals surface area (Å²) in [5.74, 6) is 1.18. The number of phosphoric ester groups is 1. The first kappa shape index (κ1) is 20.0. The molecular formula is C22H23O5P. The van der Waals surface area contributed by atoms with E-state index >= 15 is 0 Å². The van der Waals surface area contributed by atoms with Gasteiger partial charge in [0.25, 0.3) is 0 Å². The molecule has 0 aromatic heterocycles. The van der Waals surface area contributed by atoms with E-state index in [0.717, 1.165) is 12.0 Å². The minimum atomic E-state index is -3.96. The molecule has 28 heavy (non-hydrogen) atoms. The number of benzene rings is 3. The summed E-state index contributed by atoms with van der Waals surface area (Å²) in [5, 5.41) is 0. The van der Waals surface area contributed by atoms with Crippen molar-refractivity contribution in [1.82, 2.24) is 0 Å². The molecule has 6 heteroatoms. The first-order chi connectivity index (χ1) is 13.6. The van der Waals surface area contributed by atoms with Crippen molar-refractivity contribution in [3.63, 3.8) is 0 Å². The van der Waals surface area contributed by atoms with Gasteiger partial charge in [-0.25, -0.2) is 0 Å². The van der Waals surface area contributed by atoms with Gasteiger partial charge in [0.05, 0.1) is 6.10 Å². The average Bonchev–Trinajstić information content (AvgIpc) is 2.70. The van der Waals surface area contributed by atoms with Gasteiger partial charge in [0.2, 0.25) is 0 Å². The lowest BCUT2D eigenvalue weighted by molar-refractivity contribution is 0.119. The first-order valence-electron chi connectivity index (χ1n) is 8.97. The minimum Gasteiger partial charge on any atom is -0.386 e. The molecular weight excluding hydrogens is 375 g/mol. The molecule has 1 unspecified atom stereocenters. The molecule has 146 valence electrons. The third-order valence-corrected chi connectivity index (χ3v) is 5.29.